The van der Waals surface area contributed by atoms with Crippen LogP contribution in [0.3, 0.4) is 0 Å². The minimum Gasteiger partial charge on any atom is -0.335 e. The second-order valence-electron chi connectivity index (χ2n) is 9.99. The van der Waals surface area contributed by atoms with Crippen molar-refractivity contribution < 1.29 is 18.0 Å². The van der Waals surface area contributed by atoms with Crippen molar-refractivity contribution in [2.75, 3.05) is 11.6 Å². The van der Waals surface area contributed by atoms with Gasteiger partial charge in [0.15, 0.2) is 0 Å². The first kappa shape index (κ1) is 26.4. The Morgan fingerprint density at radius 2 is 1.54 bits per heavy atom. The number of rotatable bonds is 8. The van der Waals surface area contributed by atoms with Crippen LogP contribution in [0.25, 0.3) is 17.0 Å². The van der Waals surface area contributed by atoms with Crippen LogP contribution >= 0.6 is 0 Å². The molecule has 200 valence electrons. The number of nitrogens with one attached hydrogen (secondary N) is 2. The Labute approximate surface area is 228 Å². The van der Waals surface area contributed by atoms with E-state index in [1.54, 1.807) is 6.08 Å². The van der Waals surface area contributed by atoms with Crippen molar-refractivity contribution in [1.29, 1.82) is 0 Å². The van der Waals surface area contributed by atoms with Crippen molar-refractivity contribution in [3.8, 4) is 0 Å². The Hall–Kier alpha value is -4.17. The Balaban J connectivity index is 1.61. The maximum Gasteiger partial charge on any atom is 0.257 e. The standard InChI is InChI=1S/C31H31N3O4S/c1-39(37,38)33-29(35)19-16-25-21-34(30(22-10-4-2-5-11-22)23-12-6-3-7-13-23)28-18-17-26(20-27(25)28)32-31(36)24-14-8-9-15-24/h2-7,10-13,16-21,24,30H,8-9,14-15H2,1H3,(H,32,36)(H,33,35). The zero-order valence-corrected chi connectivity index (χ0v) is 22.5. The zero-order valence-electron chi connectivity index (χ0n) is 21.7. The summed E-state index contributed by atoms with van der Waals surface area (Å²) in [4.78, 5) is 25.1. The quantitative estimate of drug-likeness (QED) is 0.288. The summed E-state index contributed by atoms with van der Waals surface area (Å²) < 4.78 is 27.2. The van der Waals surface area contributed by atoms with E-state index < -0.39 is 15.9 Å². The van der Waals surface area contributed by atoms with Gasteiger partial charge in [-0.3, -0.25) is 9.59 Å². The lowest BCUT2D eigenvalue weighted by Gasteiger charge is -2.21. The monoisotopic (exact) mass is 541 g/mol. The molecule has 1 saturated carbocycles. The molecule has 0 spiro atoms. The van der Waals surface area contributed by atoms with Crippen LogP contribution in [0.2, 0.25) is 0 Å². The summed E-state index contributed by atoms with van der Waals surface area (Å²) in [5.41, 5.74) is 4.50. The molecule has 5 rings (SSSR count). The van der Waals surface area contributed by atoms with Gasteiger partial charge in [0, 0.05) is 40.3 Å². The first-order chi connectivity index (χ1) is 18.8. The van der Waals surface area contributed by atoms with E-state index in [0.29, 0.717) is 5.69 Å². The number of carbonyl (C=O) groups is 2. The van der Waals surface area contributed by atoms with Gasteiger partial charge >= 0.3 is 0 Å². The molecule has 39 heavy (non-hydrogen) atoms. The Bertz CT molecular complexity index is 1580. The van der Waals surface area contributed by atoms with Crippen LogP contribution in [0, 0.1) is 5.92 Å². The van der Waals surface area contributed by atoms with Crippen LogP contribution in [0.4, 0.5) is 5.69 Å². The third-order valence-corrected chi connectivity index (χ3v) is 7.64. The number of benzene rings is 3. The van der Waals surface area contributed by atoms with Crippen molar-refractivity contribution in [2.45, 2.75) is 31.7 Å². The fourth-order valence-corrected chi connectivity index (χ4v) is 5.74. The molecule has 0 saturated heterocycles. The van der Waals surface area contributed by atoms with Gasteiger partial charge in [0.2, 0.25) is 15.9 Å². The highest BCUT2D eigenvalue weighted by molar-refractivity contribution is 7.89. The molecule has 1 heterocycles. The fraction of sp³-hybridized carbons (Fsp3) is 0.226. The average Bonchev–Trinajstić information content (AvgIpc) is 3.57. The van der Waals surface area contributed by atoms with E-state index in [2.05, 4.69) is 34.1 Å². The topological polar surface area (TPSA) is 97.3 Å². The minimum atomic E-state index is -3.68. The highest BCUT2D eigenvalue weighted by atomic mass is 32.2. The van der Waals surface area contributed by atoms with E-state index in [0.717, 1.165) is 59.5 Å². The number of carbonyl (C=O) groups excluding carboxylic acids is 2. The maximum atomic E-state index is 12.8. The number of nitrogens with zero attached hydrogens (tertiary/aromatic N) is 1. The highest BCUT2D eigenvalue weighted by Crippen LogP contribution is 2.35. The molecule has 0 radical (unpaired) electrons. The summed E-state index contributed by atoms with van der Waals surface area (Å²) >= 11 is 0. The summed E-state index contributed by atoms with van der Waals surface area (Å²) in [5.74, 6) is -0.668. The number of hydrogen-bond acceptors (Lipinski definition) is 4. The van der Waals surface area contributed by atoms with Gasteiger partial charge in [0.05, 0.1) is 12.3 Å². The summed E-state index contributed by atoms with van der Waals surface area (Å²) in [5, 5.41) is 3.90. The lowest BCUT2D eigenvalue weighted by atomic mass is 9.98. The molecule has 1 aliphatic rings. The summed E-state index contributed by atoms with van der Waals surface area (Å²) in [6.45, 7) is 0. The number of sulfonamides is 1. The van der Waals surface area contributed by atoms with Crippen LogP contribution < -0.4 is 10.0 Å². The molecule has 2 N–H and O–H groups in total. The first-order valence-corrected chi connectivity index (χ1v) is 14.9. The molecule has 0 aliphatic heterocycles. The Morgan fingerprint density at radius 3 is 2.13 bits per heavy atom. The van der Waals surface area contributed by atoms with Gasteiger partial charge in [0.25, 0.3) is 5.91 Å². The average molecular weight is 542 g/mol. The molecule has 0 bridgehead atoms. The molecule has 4 aromatic rings. The fourth-order valence-electron chi connectivity index (χ4n) is 5.30. The van der Waals surface area contributed by atoms with Crippen molar-refractivity contribution in [3.63, 3.8) is 0 Å². The summed E-state index contributed by atoms with van der Waals surface area (Å²) in [7, 11) is -3.68. The lowest BCUT2D eigenvalue weighted by molar-refractivity contribution is -0.119. The number of anilines is 1. The van der Waals surface area contributed by atoms with Gasteiger partial charge in [0.1, 0.15) is 0 Å². The third kappa shape index (κ3) is 6.29. The lowest BCUT2D eigenvalue weighted by Crippen LogP contribution is -2.27. The maximum absolute atomic E-state index is 12.8. The van der Waals surface area contributed by atoms with Crippen LogP contribution in [0.15, 0.2) is 91.1 Å². The zero-order chi connectivity index (χ0) is 27.4. The molecule has 7 nitrogen and oxygen atoms in total. The number of amides is 2. The largest absolute Gasteiger partial charge is 0.335 e. The van der Waals surface area contributed by atoms with Crippen molar-refractivity contribution in [1.82, 2.24) is 9.29 Å². The van der Waals surface area contributed by atoms with Crippen LogP contribution in [-0.4, -0.2) is 31.1 Å². The predicted octanol–water partition coefficient (Wildman–Crippen LogP) is 5.50. The van der Waals surface area contributed by atoms with Crippen molar-refractivity contribution in [2.24, 2.45) is 5.92 Å². The van der Waals surface area contributed by atoms with E-state index in [4.69, 9.17) is 0 Å². The molecule has 8 heteroatoms. The second kappa shape index (κ2) is 11.3. The number of fused-ring (bicyclic) bond motifs is 1. The van der Waals surface area contributed by atoms with E-state index in [9.17, 15) is 18.0 Å². The molecular formula is C31H31N3O4S. The van der Waals surface area contributed by atoms with Gasteiger partial charge in [-0.1, -0.05) is 73.5 Å². The van der Waals surface area contributed by atoms with Crippen molar-refractivity contribution in [3.05, 3.63) is 108 Å². The van der Waals surface area contributed by atoms with E-state index in [1.165, 1.54) is 6.08 Å². The van der Waals surface area contributed by atoms with Crippen LogP contribution in [0.5, 0.6) is 0 Å². The number of hydrogen-bond donors (Lipinski definition) is 2. The molecule has 3 aromatic carbocycles. The van der Waals surface area contributed by atoms with Gasteiger partial charge in [-0.2, -0.15) is 0 Å². The first-order valence-electron chi connectivity index (χ1n) is 13.0. The summed E-state index contributed by atoms with van der Waals surface area (Å²) in [6.07, 6.45) is 9.68. The molecule has 2 amide bonds. The van der Waals surface area contributed by atoms with Crippen LogP contribution in [0.1, 0.15) is 48.4 Å². The highest BCUT2D eigenvalue weighted by Gasteiger charge is 2.24. The Morgan fingerprint density at radius 1 is 0.923 bits per heavy atom. The van der Waals surface area contributed by atoms with Crippen molar-refractivity contribution >= 4 is 44.5 Å². The number of aromatic nitrogens is 1. The van der Waals surface area contributed by atoms with E-state index >= 15 is 0 Å². The smallest absolute Gasteiger partial charge is 0.257 e. The van der Waals surface area contributed by atoms with E-state index in [1.807, 2.05) is 65.5 Å². The van der Waals surface area contributed by atoms with Crippen LogP contribution in [-0.2, 0) is 19.6 Å². The molecule has 0 unspecified atom stereocenters. The summed E-state index contributed by atoms with van der Waals surface area (Å²) in [6, 6.07) is 25.9. The van der Waals surface area contributed by atoms with Gasteiger partial charge in [-0.15, -0.1) is 0 Å². The molecule has 0 atom stereocenters. The van der Waals surface area contributed by atoms with E-state index in [-0.39, 0.29) is 17.9 Å². The second-order valence-corrected chi connectivity index (χ2v) is 11.7. The molecule has 1 aromatic heterocycles. The minimum absolute atomic E-state index is 0.0300. The molecular weight excluding hydrogens is 510 g/mol. The molecule has 1 fully saturated rings. The SMILES string of the molecule is CS(=O)(=O)NC(=O)C=Cc1cn(C(c2ccccc2)c2ccccc2)c2ccc(NC(=O)C3CCCC3)cc12. The predicted molar refractivity (Wildman–Crippen MR) is 155 cm³/mol. The van der Waals surface area contributed by atoms with Gasteiger partial charge in [-0.05, 0) is 48.2 Å². The van der Waals surface area contributed by atoms with Gasteiger partial charge < -0.3 is 9.88 Å². The third-order valence-electron chi connectivity index (χ3n) is 7.07. The van der Waals surface area contributed by atoms with Gasteiger partial charge in [-0.25, -0.2) is 13.1 Å². The Kier molecular flexibility index (Phi) is 7.65. The normalized spacial score (nSPS) is 14.3. The molecule has 1 aliphatic carbocycles.